The van der Waals surface area contributed by atoms with Gasteiger partial charge in [-0.05, 0) is 26.1 Å². The molecule has 0 amide bonds. The van der Waals surface area contributed by atoms with Crippen LogP contribution in [0.3, 0.4) is 0 Å². The van der Waals surface area contributed by atoms with Gasteiger partial charge in [0.25, 0.3) is 0 Å². The van der Waals surface area contributed by atoms with E-state index in [0.717, 1.165) is 12.0 Å². The predicted octanol–water partition coefficient (Wildman–Crippen LogP) is 2.85. The van der Waals surface area contributed by atoms with Crippen molar-refractivity contribution in [3.63, 3.8) is 0 Å². The number of hydrogen-bond acceptors (Lipinski definition) is 1. The van der Waals surface area contributed by atoms with Crippen LogP contribution in [0.2, 0.25) is 0 Å². The Kier molecular flexibility index (Phi) is 4.46. The Morgan fingerprint density at radius 3 is 2.60 bits per heavy atom. The fourth-order valence-corrected chi connectivity index (χ4v) is 0.382. The minimum absolute atomic E-state index is 0.534. The summed E-state index contributed by atoms with van der Waals surface area (Å²) >= 11 is 0. The monoisotopic (exact) mass is 141 g/mol. The summed E-state index contributed by atoms with van der Waals surface area (Å²) < 4.78 is 12.2. The molecule has 0 bridgehead atoms. The molecule has 0 radical (unpaired) electrons. The van der Waals surface area contributed by atoms with Crippen LogP contribution in [-0.4, -0.2) is 6.72 Å². The first kappa shape index (κ1) is 9.08. The van der Waals surface area contributed by atoms with Gasteiger partial charge < -0.3 is 0 Å². The lowest BCUT2D eigenvalue weighted by Crippen LogP contribution is -1.69. The van der Waals surface area contributed by atoms with E-state index in [1.807, 2.05) is 13.8 Å². The largest absolute Gasteiger partial charge is 0.236 e. The average Bonchev–Trinajstić information content (AvgIpc) is 1.99. The van der Waals surface area contributed by atoms with Crippen molar-refractivity contribution in [2.45, 2.75) is 20.3 Å². The van der Waals surface area contributed by atoms with Crippen LogP contribution in [0.5, 0.6) is 0 Å². The highest BCUT2D eigenvalue weighted by Gasteiger charge is 1.83. The molecule has 1 nitrogen and oxygen atoms in total. The zero-order valence-corrected chi connectivity index (χ0v) is 6.39. The molecule has 0 saturated carbocycles. The van der Waals surface area contributed by atoms with Crippen LogP contribution in [0.15, 0.2) is 28.7 Å². The first-order valence-electron chi connectivity index (χ1n) is 3.20. The Morgan fingerprint density at radius 2 is 2.20 bits per heavy atom. The van der Waals surface area contributed by atoms with Gasteiger partial charge in [0, 0.05) is 0 Å². The van der Waals surface area contributed by atoms with E-state index in [2.05, 4.69) is 11.7 Å². The van der Waals surface area contributed by atoms with Crippen molar-refractivity contribution in [3.05, 3.63) is 23.7 Å². The molecule has 0 aliphatic rings. The number of allylic oxidation sites excluding steroid dienone is 3. The third-order valence-electron chi connectivity index (χ3n) is 1.21. The van der Waals surface area contributed by atoms with Gasteiger partial charge in [-0.15, -0.1) is 0 Å². The van der Waals surface area contributed by atoms with Crippen LogP contribution in [0.1, 0.15) is 20.3 Å². The van der Waals surface area contributed by atoms with Crippen LogP contribution in [-0.2, 0) is 0 Å². The SMILES string of the molecule is C=N/C(F)=C\C=C(/C)CC. The van der Waals surface area contributed by atoms with Gasteiger partial charge >= 0.3 is 0 Å². The van der Waals surface area contributed by atoms with Crippen molar-refractivity contribution in [1.29, 1.82) is 0 Å². The highest BCUT2D eigenvalue weighted by Crippen LogP contribution is 2.02. The zero-order valence-electron chi connectivity index (χ0n) is 6.39. The zero-order chi connectivity index (χ0) is 7.98. The molecule has 0 fully saturated rings. The molecule has 0 heterocycles. The molecule has 0 unspecified atom stereocenters. The molecule has 2 heteroatoms. The molecule has 0 aromatic rings. The van der Waals surface area contributed by atoms with Crippen LogP contribution in [0.25, 0.3) is 0 Å². The molecule has 0 aliphatic heterocycles. The Balaban J connectivity index is 4.03. The Bertz CT molecular complexity index is 168. The summed E-state index contributed by atoms with van der Waals surface area (Å²) in [6.45, 7) is 6.99. The van der Waals surface area contributed by atoms with Crippen LogP contribution >= 0.6 is 0 Å². The Labute approximate surface area is 61.0 Å². The van der Waals surface area contributed by atoms with Crippen molar-refractivity contribution in [3.8, 4) is 0 Å². The molecular formula is C8H12FN. The summed E-state index contributed by atoms with van der Waals surface area (Å²) in [7, 11) is 0. The number of halogens is 1. The van der Waals surface area contributed by atoms with Gasteiger partial charge in [0.05, 0.1) is 0 Å². The lowest BCUT2D eigenvalue weighted by Gasteiger charge is -1.88. The van der Waals surface area contributed by atoms with E-state index in [4.69, 9.17) is 0 Å². The van der Waals surface area contributed by atoms with Gasteiger partial charge in [-0.2, -0.15) is 4.39 Å². The number of rotatable bonds is 3. The summed E-state index contributed by atoms with van der Waals surface area (Å²) in [6.07, 6.45) is 3.94. The van der Waals surface area contributed by atoms with E-state index in [1.165, 1.54) is 6.08 Å². The number of nitrogens with zero attached hydrogens (tertiary/aromatic N) is 1. The van der Waals surface area contributed by atoms with Crippen molar-refractivity contribution in [1.82, 2.24) is 0 Å². The topological polar surface area (TPSA) is 12.4 Å². The van der Waals surface area contributed by atoms with Crippen LogP contribution < -0.4 is 0 Å². The van der Waals surface area contributed by atoms with Gasteiger partial charge in [-0.25, -0.2) is 4.99 Å². The van der Waals surface area contributed by atoms with Crippen LogP contribution in [0.4, 0.5) is 4.39 Å². The fourth-order valence-electron chi connectivity index (χ4n) is 0.382. The molecular weight excluding hydrogens is 129 g/mol. The summed E-state index contributed by atoms with van der Waals surface area (Å²) in [5.74, 6) is -0.534. The van der Waals surface area contributed by atoms with Crippen molar-refractivity contribution in [2.24, 2.45) is 4.99 Å². The lowest BCUT2D eigenvalue weighted by atomic mass is 10.2. The third-order valence-corrected chi connectivity index (χ3v) is 1.21. The molecule has 0 spiro atoms. The van der Waals surface area contributed by atoms with Gasteiger partial charge in [0.2, 0.25) is 5.95 Å². The second-order valence-corrected chi connectivity index (χ2v) is 2.01. The van der Waals surface area contributed by atoms with Gasteiger partial charge in [0.15, 0.2) is 0 Å². The Morgan fingerprint density at radius 1 is 1.60 bits per heavy atom. The maximum absolute atomic E-state index is 12.2. The van der Waals surface area contributed by atoms with Crippen molar-refractivity contribution in [2.75, 3.05) is 0 Å². The number of hydrogen-bond donors (Lipinski definition) is 0. The second kappa shape index (κ2) is 4.91. The Hall–Kier alpha value is -0.920. The first-order valence-corrected chi connectivity index (χ1v) is 3.20. The molecule has 56 valence electrons. The highest BCUT2D eigenvalue weighted by molar-refractivity contribution is 5.28. The molecule has 0 atom stereocenters. The molecule has 0 aromatic heterocycles. The van der Waals surface area contributed by atoms with E-state index < -0.39 is 5.95 Å². The predicted molar refractivity (Wildman–Crippen MR) is 42.8 cm³/mol. The van der Waals surface area contributed by atoms with Gasteiger partial charge in [-0.3, -0.25) is 0 Å². The van der Waals surface area contributed by atoms with Gasteiger partial charge in [0.1, 0.15) is 0 Å². The summed E-state index contributed by atoms with van der Waals surface area (Å²) in [6, 6.07) is 0. The molecule has 10 heavy (non-hydrogen) atoms. The minimum Gasteiger partial charge on any atom is -0.236 e. The molecule has 0 aromatic carbocycles. The maximum Gasteiger partial charge on any atom is 0.212 e. The summed E-state index contributed by atoms with van der Waals surface area (Å²) in [4.78, 5) is 3.09. The van der Waals surface area contributed by atoms with E-state index >= 15 is 0 Å². The molecule has 0 N–H and O–H groups in total. The smallest absolute Gasteiger partial charge is 0.212 e. The van der Waals surface area contributed by atoms with E-state index in [0.29, 0.717) is 0 Å². The number of aliphatic imine (C=N–C) groups is 1. The highest BCUT2D eigenvalue weighted by atomic mass is 19.1. The first-order chi connectivity index (χ1) is 4.70. The standard InChI is InChI=1S/C8H12FN/c1-4-7(2)5-6-8(9)10-3/h5-6H,3-4H2,1-2H3/b7-5+,8-6-. The normalized spacial score (nSPS) is 13.5. The molecule has 0 saturated heterocycles. The van der Waals surface area contributed by atoms with E-state index in [-0.39, 0.29) is 0 Å². The lowest BCUT2D eigenvalue weighted by molar-refractivity contribution is 0.630. The van der Waals surface area contributed by atoms with Crippen LogP contribution in [0, 0.1) is 0 Å². The van der Waals surface area contributed by atoms with E-state index in [9.17, 15) is 4.39 Å². The van der Waals surface area contributed by atoms with Crippen molar-refractivity contribution >= 4 is 6.72 Å². The van der Waals surface area contributed by atoms with Crippen molar-refractivity contribution < 1.29 is 4.39 Å². The third kappa shape index (κ3) is 4.01. The summed E-state index contributed by atoms with van der Waals surface area (Å²) in [5.41, 5.74) is 1.12. The molecule has 0 aliphatic carbocycles. The molecule has 0 rings (SSSR count). The average molecular weight is 141 g/mol. The maximum atomic E-state index is 12.2. The van der Waals surface area contributed by atoms with Gasteiger partial charge in [-0.1, -0.05) is 18.6 Å². The second-order valence-electron chi connectivity index (χ2n) is 2.01. The quantitative estimate of drug-likeness (QED) is 0.325. The van der Waals surface area contributed by atoms with E-state index in [1.54, 1.807) is 6.08 Å². The fraction of sp³-hybridized carbons (Fsp3) is 0.375. The summed E-state index contributed by atoms with van der Waals surface area (Å²) in [5, 5.41) is 0. The minimum atomic E-state index is -0.534.